The van der Waals surface area contributed by atoms with E-state index in [1.807, 2.05) is 27.7 Å². The molecule has 8 heteroatoms. The Morgan fingerprint density at radius 3 is 2.34 bits per heavy atom. The van der Waals surface area contributed by atoms with E-state index >= 15 is 0 Å². The fourth-order valence-corrected chi connectivity index (χ4v) is 8.81. The van der Waals surface area contributed by atoms with Crippen molar-refractivity contribution in [3.8, 4) is 0 Å². The molecule has 3 N–H and O–H groups in total. The predicted molar refractivity (Wildman–Crippen MR) is 127 cm³/mol. The van der Waals surface area contributed by atoms with Crippen LogP contribution in [0.1, 0.15) is 67.7 Å². The van der Waals surface area contributed by atoms with Gasteiger partial charge in [0.2, 0.25) is 17.7 Å². The maximum Gasteiger partial charge on any atom is 0.244 e. The molecule has 0 aromatic carbocycles. The number of nitrogens with one attached hydrogen (secondary N) is 2. The van der Waals surface area contributed by atoms with E-state index in [4.69, 9.17) is 0 Å². The van der Waals surface area contributed by atoms with Gasteiger partial charge in [-0.2, -0.15) is 0 Å². The van der Waals surface area contributed by atoms with Gasteiger partial charge in [-0.25, -0.2) is 0 Å². The molecule has 7 nitrogen and oxygen atoms in total. The number of fused-ring (bicyclic) bond motifs is 1. The lowest BCUT2D eigenvalue weighted by Gasteiger charge is -2.41. The standard InChI is InChI=1S/C24H41N3O4S/c1-13(2)14(11-28)27-18(20(30)26-23(6,7)12-22(3,4)5)24-10-9-15(32-24)16(19(29)25-8)17(24)21(27)31/h13-18,28H,9-12H2,1-8H3,(H,25,29)(H,26,30)/t14-,15+,16-,17-,18?,24?/m0/s1. The molecule has 3 rings (SSSR count). The fraction of sp³-hybridized carbons (Fsp3) is 0.875. The van der Waals surface area contributed by atoms with Gasteiger partial charge >= 0.3 is 0 Å². The van der Waals surface area contributed by atoms with E-state index in [9.17, 15) is 19.5 Å². The molecular weight excluding hydrogens is 426 g/mol. The Kier molecular flexibility index (Phi) is 6.73. The summed E-state index contributed by atoms with van der Waals surface area (Å²) in [5.74, 6) is -1.42. The van der Waals surface area contributed by atoms with Crippen LogP contribution in [-0.4, -0.2) is 69.0 Å². The smallest absolute Gasteiger partial charge is 0.244 e. The van der Waals surface area contributed by atoms with E-state index < -0.39 is 34.2 Å². The number of hydrogen-bond acceptors (Lipinski definition) is 5. The van der Waals surface area contributed by atoms with Crippen LogP contribution in [0.3, 0.4) is 0 Å². The number of hydrogen-bond donors (Lipinski definition) is 3. The molecule has 0 aromatic heterocycles. The molecule has 182 valence electrons. The summed E-state index contributed by atoms with van der Waals surface area (Å²) in [5, 5.41) is 16.2. The van der Waals surface area contributed by atoms with Crippen molar-refractivity contribution < 1.29 is 19.5 Å². The summed E-state index contributed by atoms with van der Waals surface area (Å²) in [7, 11) is 1.60. The lowest BCUT2D eigenvalue weighted by Crippen LogP contribution is -2.60. The van der Waals surface area contributed by atoms with Crippen molar-refractivity contribution in [1.82, 2.24) is 15.5 Å². The molecule has 3 heterocycles. The van der Waals surface area contributed by atoms with E-state index in [0.29, 0.717) is 0 Å². The van der Waals surface area contributed by atoms with Crippen molar-refractivity contribution in [2.45, 2.75) is 95.3 Å². The zero-order valence-electron chi connectivity index (χ0n) is 20.8. The second-order valence-electron chi connectivity index (χ2n) is 12.0. The molecule has 3 saturated heterocycles. The molecule has 0 radical (unpaired) electrons. The molecule has 32 heavy (non-hydrogen) atoms. The average molecular weight is 468 g/mol. The number of rotatable bonds is 7. The normalized spacial score (nSPS) is 32.9. The fourth-order valence-electron chi connectivity index (χ4n) is 6.61. The number of thioether (sulfide) groups is 1. The minimum absolute atomic E-state index is 0.0160. The summed E-state index contributed by atoms with van der Waals surface area (Å²) in [6, 6.07) is -1.16. The molecule has 2 unspecified atom stereocenters. The van der Waals surface area contributed by atoms with Crippen molar-refractivity contribution in [3.05, 3.63) is 0 Å². The van der Waals surface area contributed by atoms with E-state index in [-0.39, 0.29) is 40.9 Å². The van der Waals surface area contributed by atoms with Crippen LogP contribution in [-0.2, 0) is 14.4 Å². The van der Waals surface area contributed by atoms with E-state index in [0.717, 1.165) is 19.3 Å². The Labute approximate surface area is 196 Å². The maximum atomic E-state index is 13.9. The Morgan fingerprint density at radius 2 is 1.84 bits per heavy atom. The van der Waals surface area contributed by atoms with Gasteiger partial charge in [0.05, 0.1) is 29.2 Å². The first-order valence-electron chi connectivity index (χ1n) is 11.8. The summed E-state index contributed by atoms with van der Waals surface area (Å²) in [6.45, 7) is 14.2. The third kappa shape index (κ3) is 4.17. The van der Waals surface area contributed by atoms with Gasteiger partial charge in [-0.15, -0.1) is 11.8 Å². The Morgan fingerprint density at radius 1 is 1.22 bits per heavy atom. The number of aliphatic hydroxyl groups is 1. The highest BCUT2D eigenvalue weighted by molar-refractivity contribution is 8.02. The number of carbonyl (C=O) groups excluding carboxylic acids is 3. The number of amides is 3. The zero-order chi connectivity index (χ0) is 24.2. The SMILES string of the molecule is CNC(=O)[C@@H]1[C@H]2C(=O)N([C@@H](CO)C(C)C)C(C(=O)NC(C)(C)CC(C)(C)C)C23CC[C@H]1S3. The zero-order valence-corrected chi connectivity index (χ0v) is 21.6. The van der Waals surface area contributed by atoms with Crippen molar-refractivity contribution in [1.29, 1.82) is 0 Å². The molecular formula is C24H41N3O4S. The molecule has 1 spiro atoms. The molecule has 6 atom stereocenters. The van der Waals surface area contributed by atoms with Gasteiger partial charge in [-0.05, 0) is 44.4 Å². The molecule has 3 aliphatic heterocycles. The molecule has 3 fully saturated rings. The molecule has 0 aromatic rings. The highest BCUT2D eigenvalue weighted by atomic mass is 32.2. The number of carbonyl (C=O) groups is 3. The van der Waals surface area contributed by atoms with E-state index in [1.165, 1.54) is 0 Å². The number of nitrogens with zero attached hydrogens (tertiary/aromatic N) is 1. The Balaban J connectivity index is 2.03. The van der Waals surface area contributed by atoms with Gasteiger partial charge in [0, 0.05) is 17.8 Å². The van der Waals surface area contributed by atoms with Crippen LogP contribution < -0.4 is 10.6 Å². The second-order valence-corrected chi connectivity index (χ2v) is 13.6. The summed E-state index contributed by atoms with van der Waals surface area (Å²) in [6.07, 6.45) is 2.34. The van der Waals surface area contributed by atoms with Crippen molar-refractivity contribution >= 4 is 29.5 Å². The molecule has 2 bridgehead atoms. The van der Waals surface area contributed by atoms with Gasteiger partial charge < -0.3 is 20.6 Å². The van der Waals surface area contributed by atoms with Crippen molar-refractivity contribution in [2.24, 2.45) is 23.2 Å². The monoisotopic (exact) mass is 467 g/mol. The van der Waals surface area contributed by atoms with Crippen LogP contribution >= 0.6 is 11.8 Å². The molecule has 0 aliphatic carbocycles. The van der Waals surface area contributed by atoms with Crippen LogP contribution in [0.2, 0.25) is 0 Å². The summed E-state index contributed by atoms with van der Waals surface area (Å²) < 4.78 is -0.622. The first kappa shape index (κ1) is 25.3. The van der Waals surface area contributed by atoms with Crippen LogP contribution in [0.5, 0.6) is 0 Å². The third-order valence-corrected chi connectivity index (χ3v) is 9.24. The van der Waals surface area contributed by atoms with Crippen LogP contribution in [0.25, 0.3) is 0 Å². The highest BCUT2D eigenvalue weighted by Crippen LogP contribution is 2.66. The summed E-state index contributed by atoms with van der Waals surface area (Å²) in [5.41, 5.74) is -0.425. The minimum atomic E-state index is -0.691. The topological polar surface area (TPSA) is 98.7 Å². The summed E-state index contributed by atoms with van der Waals surface area (Å²) in [4.78, 5) is 42.2. The first-order chi connectivity index (χ1) is 14.7. The van der Waals surface area contributed by atoms with Gasteiger partial charge in [-0.1, -0.05) is 34.6 Å². The highest BCUT2D eigenvalue weighted by Gasteiger charge is 2.74. The van der Waals surface area contributed by atoms with Crippen molar-refractivity contribution in [3.63, 3.8) is 0 Å². The van der Waals surface area contributed by atoms with Crippen LogP contribution in [0.15, 0.2) is 0 Å². The van der Waals surface area contributed by atoms with Crippen molar-refractivity contribution in [2.75, 3.05) is 13.7 Å². The minimum Gasteiger partial charge on any atom is -0.394 e. The molecule has 3 amide bonds. The number of aliphatic hydroxyl groups excluding tert-OH is 1. The first-order valence-corrected chi connectivity index (χ1v) is 12.7. The largest absolute Gasteiger partial charge is 0.394 e. The van der Waals surface area contributed by atoms with Gasteiger partial charge in [0.1, 0.15) is 6.04 Å². The quantitative estimate of drug-likeness (QED) is 0.533. The van der Waals surface area contributed by atoms with Crippen LogP contribution in [0, 0.1) is 23.2 Å². The lowest BCUT2D eigenvalue weighted by atomic mass is 9.70. The van der Waals surface area contributed by atoms with Crippen LogP contribution in [0.4, 0.5) is 0 Å². The van der Waals surface area contributed by atoms with Gasteiger partial charge in [0.15, 0.2) is 0 Å². The predicted octanol–water partition coefficient (Wildman–Crippen LogP) is 2.17. The average Bonchev–Trinajstić information content (AvgIpc) is 3.27. The van der Waals surface area contributed by atoms with E-state index in [1.54, 1.807) is 23.7 Å². The van der Waals surface area contributed by atoms with E-state index in [2.05, 4.69) is 31.4 Å². The van der Waals surface area contributed by atoms with Gasteiger partial charge in [-0.3, -0.25) is 14.4 Å². The Bertz CT molecular complexity index is 778. The third-order valence-electron chi connectivity index (χ3n) is 7.28. The second kappa shape index (κ2) is 8.49. The number of likely N-dealkylation sites (tertiary alicyclic amines) is 1. The summed E-state index contributed by atoms with van der Waals surface area (Å²) >= 11 is 1.66. The molecule has 3 aliphatic rings. The van der Waals surface area contributed by atoms with Gasteiger partial charge in [0.25, 0.3) is 0 Å². The Hall–Kier alpha value is -1.28. The lowest BCUT2D eigenvalue weighted by molar-refractivity contribution is -0.144. The molecule has 0 saturated carbocycles. The maximum absolute atomic E-state index is 13.9.